The molecular weight excluding hydrogens is 390 g/mol. The maximum Gasteiger partial charge on any atom is 0.336 e. The number of allylic oxidation sites excluding steroid dienone is 2. The fourth-order valence-corrected chi connectivity index (χ4v) is 4.93. The molecule has 0 radical (unpaired) electrons. The third kappa shape index (κ3) is 3.22. The molecule has 1 aliphatic carbocycles. The minimum Gasteiger partial charge on any atom is -0.463 e. The number of hydrogen-bond donors (Lipinski definition) is 1. The van der Waals surface area contributed by atoms with E-state index in [2.05, 4.69) is 35.1 Å². The van der Waals surface area contributed by atoms with Gasteiger partial charge in [-0.3, -0.25) is 4.79 Å². The molecule has 0 amide bonds. The lowest BCUT2D eigenvalue weighted by molar-refractivity contribution is -0.138. The van der Waals surface area contributed by atoms with Crippen molar-refractivity contribution in [3.8, 4) is 0 Å². The van der Waals surface area contributed by atoms with Gasteiger partial charge in [0.05, 0.1) is 21.9 Å². The number of carbonyl (C=O) groups excluding carboxylic acids is 2. The zero-order valence-corrected chi connectivity index (χ0v) is 16.3. The Hall–Kier alpha value is -1.40. The van der Waals surface area contributed by atoms with Crippen molar-refractivity contribution in [2.24, 2.45) is 5.41 Å². The van der Waals surface area contributed by atoms with E-state index in [1.807, 2.05) is 12.1 Å². The lowest BCUT2D eigenvalue weighted by Crippen LogP contribution is -2.36. The lowest BCUT2D eigenvalue weighted by Gasteiger charge is -2.37. The van der Waals surface area contributed by atoms with E-state index in [0.717, 1.165) is 20.8 Å². The molecule has 1 unspecified atom stereocenters. The number of esters is 1. The fourth-order valence-electron chi connectivity index (χ4n) is 3.37. The summed E-state index contributed by atoms with van der Waals surface area (Å²) >= 11 is 5.02. The maximum absolute atomic E-state index is 12.9. The van der Waals surface area contributed by atoms with Crippen LogP contribution in [0.15, 0.2) is 39.0 Å². The van der Waals surface area contributed by atoms with Crippen LogP contribution in [-0.4, -0.2) is 18.4 Å². The standard InChI is InChI=1S/C18H20BrNO3S/c1-4-23-17(22)10-9-20-11-7-18(2,3)8-12(21)16(11)15(10)13-5-6-14(19)24-13/h5-6,9,15,20H,4,7-8H2,1-3H3. The fraction of sp³-hybridized carbons (Fsp3) is 0.444. The summed E-state index contributed by atoms with van der Waals surface area (Å²) in [6.45, 7) is 6.28. The van der Waals surface area contributed by atoms with Crippen molar-refractivity contribution in [2.45, 2.75) is 39.5 Å². The summed E-state index contributed by atoms with van der Waals surface area (Å²) < 4.78 is 6.18. The molecule has 2 heterocycles. The van der Waals surface area contributed by atoms with E-state index < -0.39 is 0 Å². The average molecular weight is 410 g/mol. The molecule has 24 heavy (non-hydrogen) atoms. The molecule has 1 aliphatic heterocycles. The molecule has 0 saturated carbocycles. The normalized spacial score (nSPS) is 22.6. The van der Waals surface area contributed by atoms with E-state index in [9.17, 15) is 9.59 Å². The Labute approximate surface area is 154 Å². The summed E-state index contributed by atoms with van der Waals surface area (Å²) in [7, 11) is 0. The van der Waals surface area contributed by atoms with Gasteiger partial charge in [-0.2, -0.15) is 0 Å². The molecule has 4 nitrogen and oxygen atoms in total. The largest absolute Gasteiger partial charge is 0.463 e. The highest BCUT2D eigenvalue weighted by molar-refractivity contribution is 9.11. The number of ether oxygens (including phenoxy) is 1. The van der Waals surface area contributed by atoms with Crippen LogP contribution in [0.3, 0.4) is 0 Å². The SMILES string of the molecule is CCOC(=O)C1=CNC2=C(C(=O)CC(C)(C)C2)C1c1ccc(Br)s1. The van der Waals surface area contributed by atoms with Crippen molar-refractivity contribution in [2.75, 3.05) is 6.61 Å². The number of rotatable bonds is 3. The van der Waals surface area contributed by atoms with Gasteiger partial charge in [0.15, 0.2) is 5.78 Å². The number of Topliss-reactive ketones (excluding diaryl/α,β-unsaturated/α-hetero) is 1. The van der Waals surface area contributed by atoms with E-state index in [0.29, 0.717) is 24.2 Å². The van der Waals surface area contributed by atoms with Crippen LogP contribution in [0.1, 0.15) is 44.4 Å². The van der Waals surface area contributed by atoms with Crippen LogP contribution in [0.4, 0.5) is 0 Å². The first-order valence-corrected chi connectivity index (χ1v) is 9.58. The van der Waals surface area contributed by atoms with Gasteiger partial charge in [-0.1, -0.05) is 13.8 Å². The summed E-state index contributed by atoms with van der Waals surface area (Å²) in [5.41, 5.74) is 2.07. The molecule has 2 aliphatic rings. The molecule has 1 atom stereocenters. The van der Waals surface area contributed by atoms with Crippen molar-refractivity contribution in [1.29, 1.82) is 0 Å². The Balaban J connectivity index is 2.08. The molecule has 6 heteroatoms. The Morgan fingerprint density at radius 2 is 2.17 bits per heavy atom. The highest BCUT2D eigenvalue weighted by Gasteiger charge is 2.42. The average Bonchev–Trinajstić information content (AvgIpc) is 2.91. The Morgan fingerprint density at radius 3 is 2.79 bits per heavy atom. The quantitative estimate of drug-likeness (QED) is 0.756. The summed E-state index contributed by atoms with van der Waals surface area (Å²) in [6.07, 6.45) is 3.00. The smallest absolute Gasteiger partial charge is 0.336 e. The van der Waals surface area contributed by atoms with Crippen LogP contribution in [0.5, 0.6) is 0 Å². The van der Waals surface area contributed by atoms with E-state index in [4.69, 9.17) is 4.74 Å². The van der Waals surface area contributed by atoms with Gasteiger partial charge in [-0.05, 0) is 46.8 Å². The molecule has 0 fully saturated rings. The predicted octanol–water partition coefficient (Wildman–Crippen LogP) is 4.29. The number of halogens is 1. The lowest BCUT2D eigenvalue weighted by atomic mass is 9.70. The Kier molecular flexibility index (Phi) is 4.71. The first-order chi connectivity index (χ1) is 11.3. The summed E-state index contributed by atoms with van der Waals surface area (Å²) in [4.78, 5) is 26.3. The molecular formula is C18H20BrNO3S. The highest BCUT2D eigenvalue weighted by atomic mass is 79.9. The monoisotopic (exact) mass is 409 g/mol. The van der Waals surface area contributed by atoms with Crippen LogP contribution < -0.4 is 5.32 Å². The highest BCUT2D eigenvalue weighted by Crippen LogP contribution is 2.47. The number of hydrogen-bond acceptors (Lipinski definition) is 5. The second-order valence-electron chi connectivity index (χ2n) is 6.87. The summed E-state index contributed by atoms with van der Waals surface area (Å²) in [5.74, 6) is -0.609. The van der Waals surface area contributed by atoms with Crippen molar-refractivity contribution in [3.05, 3.63) is 43.8 Å². The first-order valence-electron chi connectivity index (χ1n) is 7.97. The van der Waals surface area contributed by atoms with Crippen molar-refractivity contribution in [3.63, 3.8) is 0 Å². The van der Waals surface area contributed by atoms with E-state index in [1.165, 1.54) is 0 Å². The van der Waals surface area contributed by atoms with E-state index >= 15 is 0 Å². The number of nitrogens with one attached hydrogen (secondary N) is 1. The van der Waals surface area contributed by atoms with Gasteiger partial charge in [-0.15, -0.1) is 11.3 Å². The molecule has 0 saturated heterocycles. The van der Waals surface area contributed by atoms with E-state index in [1.54, 1.807) is 24.5 Å². The van der Waals surface area contributed by atoms with Gasteiger partial charge >= 0.3 is 5.97 Å². The van der Waals surface area contributed by atoms with Gasteiger partial charge in [0, 0.05) is 28.8 Å². The molecule has 1 N–H and O–H groups in total. The molecule has 1 aromatic rings. The summed E-state index contributed by atoms with van der Waals surface area (Å²) in [5, 5.41) is 3.19. The Morgan fingerprint density at radius 1 is 1.42 bits per heavy atom. The van der Waals surface area contributed by atoms with Crippen LogP contribution in [0.25, 0.3) is 0 Å². The molecule has 3 rings (SSSR count). The number of carbonyl (C=O) groups is 2. The third-order valence-electron chi connectivity index (χ3n) is 4.31. The van der Waals surface area contributed by atoms with Gasteiger partial charge in [0.25, 0.3) is 0 Å². The minimum absolute atomic E-state index is 0.0707. The van der Waals surface area contributed by atoms with Gasteiger partial charge in [-0.25, -0.2) is 4.79 Å². The second kappa shape index (κ2) is 6.48. The Bertz CT molecular complexity index is 760. The maximum atomic E-state index is 12.9. The molecule has 0 bridgehead atoms. The predicted molar refractivity (Wildman–Crippen MR) is 97.7 cm³/mol. The molecule has 128 valence electrons. The zero-order valence-electron chi connectivity index (χ0n) is 13.9. The second-order valence-corrected chi connectivity index (χ2v) is 9.37. The van der Waals surface area contributed by atoms with Crippen LogP contribution in [0.2, 0.25) is 0 Å². The molecule has 1 aromatic heterocycles. The van der Waals surface area contributed by atoms with Crippen molar-refractivity contribution in [1.82, 2.24) is 5.32 Å². The van der Waals surface area contributed by atoms with Crippen LogP contribution >= 0.6 is 27.3 Å². The third-order valence-corrected chi connectivity index (χ3v) is 6.00. The van der Waals surface area contributed by atoms with Crippen molar-refractivity contribution < 1.29 is 14.3 Å². The van der Waals surface area contributed by atoms with Crippen LogP contribution in [-0.2, 0) is 14.3 Å². The van der Waals surface area contributed by atoms with Gasteiger partial charge in [0.2, 0.25) is 0 Å². The first kappa shape index (κ1) is 17.4. The minimum atomic E-state index is -0.372. The molecule has 0 spiro atoms. The topological polar surface area (TPSA) is 55.4 Å². The van der Waals surface area contributed by atoms with Crippen molar-refractivity contribution >= 4 is 39.0 Å². The number of dihydropyridines is 1. The summed E-state index contributed by atoms with van der Waals surface area (Å²) in [6, 6.07) is 3.91. The van der Waals surface area contributed by atoms with E-state index in [-0.39, 0.29) is 23.1 Å². The number of thiophene rings is 1. The number of ketones is 1. The van der Waals surface area contributed by atoms with Crippen LogP contribution in [0, 0.1) is 5.41 Å². The zero-order chi connectivity index (χ0) is 17.5. The van der Waals surface area contributed by atoms with Gasteiger partial charge in [0.1, 0.15) is 0 Å². The molecule has 0 aromatic carbocycles. The van der Waals surface area contributed by atoms with Gasteiger partial charge < -0.3 is 10.1 Å².